The average Bonchev–Trinajstić information content (AvgIpc) is 2.90. The second kappa shape index (κ2) is 7.68. The fourth-order valence-electron chi connectivity index (χ4n) is 2.86. The Balaban J connectivity index is 1.75. The van der Waals surface area contributed by atoms with Gasteiger partial charge < -0.3 is 20.1 Å². The first kappa shape index (κ1) is 17.6. The van der Waals surface area contributed by atoms with E-state index in [-0.39, 0.29) is 17.9 Å². The molecule has 0 saturated carbocycles. The molecule has 0 spiro atoms. The molecule has 0 aliphatic carbocycles. The molecule has 23 heavy (non-hydrogen) atoms. The summed E-state index contributed by atoms with van der Waals surface area (Å²) >= 11 is 0. The van der Waals surface area contributed by atoms with Gasteiger partial charge in [-0.2, -0.15) is 0 Å². The van der Waals surface area contributed by atoms with Crippen molar-refractivity contribution in [3.63, 3.8) is 0 Å². The SMILES string of the molecule is CC(C)(C)OC(=O)N1CCCC1CCNCc1cccc(O)c1. The van der Waals surface area contributed by atoms with Crippen LogP contribution in [0.1, 0.15) is 45.6 Å². The summed E-state index contributed by atoms with van der Waals surface area (Å²) in [6.07, 6.45) is 2.79. The number of benzene rings is 1. The quantitative estimate of drug-likeness (QED) is 0.817. The topological polar surface area (TPSA) is 61.8 Å². The third-order valence-corrected chi connectivity index (χ3v) is 3.90. The molecule has 5 nitrogen and oxygen atoms in total. The lowest BCUT2D eigenvalue weighted by molar-refractivity contribution is 0.0220. The van der Waals surface area contributed by atoms with Gasteiger partial charge in [-0.3, -0.25) is 0 Å². The Morgan fingerprint density at radius 2 is 2.22 bits per heavy atom. The highest BCUT2D eigenvalue weighted by Crippen LogP contribution is 2.22. The second-order valence-electron chi connectivity index (χ2n) is 7.11. The summed E-state index contributed by atoms with van der Waals surface area (Å²) in [5.74, 6) is 0.288. The minimum absolute atomic E-state index is 0.201. The van der Waals surface area contributed by atoms with Gasteiger partial charge >= 0.3 is 6.09 Å². The lowest BCUT2D eigenvalue weighted by atomic mass is 10.1. The maximum absolute atomic E-state index is 12.2. The van der Waals surface area contributed by atoms with Crippen LogP contribution in [0.3, 0.4) is 0 Å². The molecule has 1 aliphatic heterocycles. The van der Waals surface area contributed by atoms with Crippen molar-refractivity contribution in [2.45, 2.75) is 58.2 Å². The van der Waals surface area contributed by atoms with Crippen molar-refractivity contribution in [2.75, 3.05) is 13.1 Å². The number of ether oxygens (including phenoxy) is 1. The van der Waals surface area contributed by atoms with Crippen LogP contribution in [0.4, 0.5) is 4.79 Å². The summed E-state index contributed by atoms with van der Waals surface area (Å²) in [7, 11) is 0. The van der Waals surface area contributed by atoms with E-state index < -0.39 is 5.60 Å². The van der Waals surface area contributed by atoms with Crippen molar-refractivity contribution >= 4 is 6.09 Å². The minimum atomic E-state index is -0.447. The molecule has 0 bridgehead atoms. The molecular formula is C18H28N2O3. The summed E-state index contributed by atoms with van der Waals surface area (Å²) in [5, 5.41) is 12.8. The van der Waals surface area contributed by atoms with Gasteiger partial charge in [0, 0.05) is 19.1 Å². The molecule has 1 aromatic rings. The number of nitrogens with zero attached hydrogens (tertiary/aromatic N) is 1. The van der Waals surface area contributed by atoms with Gasteiger partial charge in [0.25, 0.3) is 0 Å². The van der Waals surface area contributed by atoms with Crippen LogP contribution in [-0.4, -0.2) is 40.8 Å². The molecule has 128 valence electrons. The number of aromatic hydroxyl groups is 1. The first-order chi connectivity index (χ1) is 10.8. The van der Waals surface area contributed by atoms with Gasteiger partial charge in [-0.25, -0.2) is 4.79 Å². The summed E-state index contributed by atoms with van der Waals surface area (Å²) in [5.41, 5.74) is 0.609. The van der Waals surface area contributed by atoms with Crippen LogP contribution in [0, 0.1) is 0 Å². The maximum atomic E-state index is 12.2. The van der Waals surface area contributed by atoms with Crippen molar-refractivity contribution in [3.8, 4) is 5.75 Å². The summed E-state index contributed by atoms with van der Waals surface area (Å²) < 4.78 is 5.48. The first-order valence-electron chi connectivity index (χ1n) is 8.33. The fourth-order valence-corrected chi connectivity index (χ4v) is 2.86. The highest BCUT2D eigenvalue weighted by molar-refractivity contribution is 5.68. The van der Waals surface area contributed by atoms with Crippen molar-refractivity contribution in [3.05, 3.63) is 29.8 Å². The molecule has 1 fully saturated rings. The standard InChI is InChI=1S/C18H28N2O3/c1-18(2,3)23-17(22)20-11-5-7-15(20)9-10-19-13-14-6-4-8-16(21)12-14/h4,6,8,12,15,19,21H,5,7,9-11,13H2,1-3H3. The number of phenols is 1. The Labute approximate surface area is 138 Å². The van der Waals surface area contributed by atoms with Crippen molar-refractivity contribution in [2.24, 2.45) is 0 Å². The number of phenolic OH excluding ortho intramolecular Hbond substituents is 1. The third-order valence-electron chi connectivity index (χ3n) is 3.90. The number of amides is 1. The number of carbonyl (C=O) groups excluding carboxylic acids is 1. The van der Waals surface area contributed by atoms with Crippen LogP contribution >= 0.6 is 0 Å². The molecule has 2 N–H and O–H groups in total. The Morgan fingerprint density at radius 3 is 2.91 bits per heavy atom. The molecule has 2 rings (SSSR count). The molecule has 1 atom stereocenters. The first-order valence-corrected chi connectivity index (χ1v) is 8.33. The number of hydrogen-bond acceptors (Lipinski definition) is 4. The van der Waals surface area contributed by atoms with E-state index in [0.717, 1.165) is 37.9 Å². The van der Waals surface area contributed by atoms with E-state index in [9.17, 15) is 9.90 Å². The van der Waals surface area contributed by atoms with Crippen molar-refractivity contribution in [1.29, 1.82) is 0 Å². The van der Waals surface area contributed by atoms with Gasteiger partial charge in [0.05, 0.1) is 0 Å². The molecule has 1 amide bonds. The Bertz CT molecular complexity index is 525. The van der Waals surface area contributed by atoms with Crippen LogP contribution in [0.2, 0.25) is 0 Å². The van der Waals surface area contributed by atoms with Gasteiger partial charge in [-0.15, -0.1) is 0 Å². The summed E-state index contributed by atoms with van der Waals surface area (Å²) in [6, 6.07) is 7.50. The van der Waals surface area contributed by atoms with Gasteiger partial charge in [-0.05, 0) is 64.3 Å². The van der Waals surface area contributed by atoms with E-state index >= 15 is 0 Å². The van der Waals surface area contributed by atoms with Gasteiger partial charge in [-0.1, -0.05) is 12.1 Å². The molecule has 1 unspecified atom stereocenters. The van der Waals surface area contributed by atoms with Gasteiger partial charge in [0.1, 0.15) is 11.4 Å². The van der Waals surface area contributed by atoms with Gasteiger partial charge in [0.2, 0.25) is 0 Å². The zero-order valence-electron chi connectivity index (χ0n) is 14.3. The lowest BCUT2D eigenvalue weighted by Crippen LogP contribution is -2.40. The highest BCUT2D eigenvalue weighted by Gasteiger charge is 2.31. The Morgan fingerprint density at radius 1 is 1.43 bits per heavy atom. The Hall–Kier alpha value is -1.75. The minimum Gasteiger partial charge on any atom is -0.508 e. The van der Waals surface area contributed by atoms with Crippen molar-refractivity contribution < 1.29 is 14.6 Å². The number of rotatable bonds is 5. The highest BCUT2D eigenvalue weighted by atomic mass is 16.6. The number of likely N-dealkylation sites (tertiary alicyclic amines) is 1. The van der Waals surface area contributed by atoms with Crippen LogP contribution < -0.4 is 5.32 Å². The fraction of sp³-hybridized carbons (Fsp3) is 0.611. The van der Waals surface area contributed by atoms with E-state index in [1.807, 2.05) is 37.8 Å². The van der Waals surface area contributed by atoms with Crippen molar-refractivity contribution in [1.82, 2.24) is 10.2 Å². The van der Waals surface area contributed by atoms with Crippen LogP contribution in [0.15, 0.2) is 24.3 Å². The third kappa shape index (κ3) is 5.75. The summed E-state index contributed by atoms with van der Waals surface area (Å²) in [6.45, 7) is 8.02. The predicted octanol–water partition coefficient (Wildman–Crippen LogP) is 3.27. The van der Waals surface area contributed by atoms with E-state index in [1.165, 1.54) is 0 Å². The number of carbonyl (C=O) groups is 1. The summed E-state index contributed by atoms with van der Waals surface area (Å²) in [4.78, 5) is 14.1. The van der Waals surface area contributed by atoms with E-state index in [4.69, 9.17) is 4.74 Å². The largest absolute Gasteiger partial charge is 0.508 e. The average molecular weight is 320 g/mol. The van der Waals surface area contributed by atoms with E-state index in [0.29, 0.717) is 6.54 Å². The van der Waals surface area contributed by atoms with Crippen LogP contribution in [0.25, 0.3) is 0 Å². The predicted molar refractivity (Wildman–Crippen MR) is 90.4 cm³/mol. The molecule has 1 aromatic carbocycles. The zero-order chi connectivity index (χ0) is 16.9. The van der Waals surface area contributed by atoms with E-state index in [1.54, 1.807) is 12.1 Å². The molecule has 1 saturated heterocycles. The number of nitrogens with one attached hydrogen (secondary N) is 1. The van der Waals surface area contributed by atoms with Gasteiger partial charge in [0.15, 0.2) is 0 Å². The number of hydrogen-bond donors (Lipinski definition) is 2. The normalized spacial score (nSPS) is 18.2. The molecule has 0 aromatic heterocycles. The monoisotopic (exact) mass is 320 g/mol. The second-order valence-corrected chi connectivity index (χ2v) is 7.11. The maximum Gasteiger partial charge on any atom is 0.410 e. The smallest absolute Gasteiger partial charge is 0.410 e. The van der Waals surface area contributed by atoms with E-state index in [2.05, 4.69) is 5.32 Å². The molecule has 1 aliphatic rings. The van der Waals surface area contributed by atoms with Crippen LogP contribution in [0.5, 0.6) is 5.75 Å². The lowest BCUT2D eigenvalue weighted by Gasteiger charge is -2.28. The molecular weight excluding hydrogens is 292 g/mol. The van der Waals surface area contributed by atoms with Crippen LogP contribution in [-0.2, 0) is 11.3 Å². The zero-order valence-corrected chi connectivity index (χ0v) is 14.3. The Kier molecular flexibility index (Phi) is 5.88. The molecule has 1 heterocycles. The molecule has 0 radical (unpaired) electrons. The molecule has 5 heteroatoms.